The summed E-state index contributed by atoms with van der Waals surface area (Å²) in [5, 5.41) is 0. The fourth-order valence-electron chi connectivity index (χ4n) is 1.54. The molecule has 0 bridgehead atoms. The van der Waals surface area contributed by atoms with Crippen LogP contribution in [0.15, 0.2) is 54.6 Å². The topological polar surface area (TPSA) is 9.23 Å². The van der Waals surface area contributed by atoms with Crippen molar-refractivity contribution in [3.63, 3.8) is 0 Å². The minimum absolute atomic E-state index is 0.0461. The molecule has 2 rings (SSSR count). The van der Waals surface area contributed by atoms with Gasteiger partial charge in [-0.05, 0) is 24.6 Å². The second-order valence-electron chi connectivity index (χ2n) is 3.74. The third-order valence-corrected chi connectivity index (χ3v) is 2.46. The normalized spacial score (nSPS) is 12.1. The maximum absolute atomic E-state index is 5.80. The van der Waals surface area contributed by atoms with E-state index in [-0.39, 0.29) is 6.10 Å². The summed E-state index contributed by atoms with van der Waals surface area (Å²) in [6.07, 6.45) is 0.0461. The lowest BCUT2D eigenvalue weighted by Crippen LogP contribution is -2.05. The smallest absolute Gasteiger partial charge is 0.121 e. The first-order chi connectivity index (χ1) is 7.75. The van der Waals surface area contributed by atoms with Crippen molar-refractivity contribution in [2.45, 2.75) is 13.0 Å². The van der Waals surface area contributed by atoms with Gasteiger partial charge in [-0.1, -0.05) is 47.9 Å². The summed E-state index contributed by atoms with van der Waals surface area (Å²) < 4.78 is 5.80. The van der Waals surface area contributed by atoms with Crippen LogP contribution in [-0.2, 0) is 0 Å². The van der Waals surface area contributed by atoms with E-state index in [0.29, 0.717) is 0 Å². The first-order valence-corrected chi connectivity index (χ1v) is 5.33. The third kappa shape index (κ3) is 2.66. The van der Waals surface area contributed by atoms with E-state index in [0.717, 1.165) is 11.2 Å². The van der Waals surface area contributed by atoms with Crippen molar-refractivity contribution < 1.29 is 4.74 Å². The zero-order chi connectivity index (χ0) is 11.4. The van der Waals surface area contributed by atoms with Gasteiger partial charge in [-0.15, -0.1) is 0 Å². The zero-order valence-corrected chi connectivity index (χ0v) is 9.26. The standard InChI is InChI=1S/C14H13BO/c1-11(12-5-3-2-4-6-12)16-14-9-7-13(15)8-10-14/h2-11H,1H3. The minimum Gasteiger partial charge on any atom is -0.486 e. The van der Waals surface area contributed by atoms with Crippen molar-refractivity contribution in [1.82, 2.24) is 0 Å². The van der Waals surface area contributed by atoms with Gasteiger partial charge in [-0.3, -0.25) is 0 Å². The number of hydrogen-bond acceptors (Lipinski definition) is 1. The molecular weight excluding hydrogens is 195 g/mol. The largest absolute Gasteiger partial charge is 0.486 e. The third-order valence-electron chi connectivity index (χ3n) is 2.46. The van der Waals surface area contributed by atoms with Gasteiger partial charge in [0.1, 0.15) is 19.7 Å². The molecule has 2 aromatic carbocycles. The van der Waals surface area contributed by atoms with Crippen molar-refractivity contribution in [3.05, 3.63) is 60.2 Å². The van der Waals surface area contributed by atoms with Gasteiger partial charge in [-0.2, -0.15) is 0 Å². The summed E-state index contributed by atoms with van der Waals surface area (Å²) >= 11 is 0. The molecule has 78 valence electrons. The van der Waals surface area contributed by atoms with E-state index >= 15 is 0 Å². The minimum atomic E-state index is 0.0461. The van der Waals surface area contributed by atoms with Gasteiger partial charge in [0.2, 0.25) is 0 Å². The average molecular weight is 208 g/mol. The van der Waals surface area contributed by atoms with E-state index < -0.39 is 0 Å². The molecule has 1 atom stereocenters. The Kier molecular flexibility index (Phi) is 3.30. The monoisotopic (exact) mass is 208 g/mol. The molecule has 1 unspecified atom stereocenters. The molecular formula is C14H13BO. The van der Waals surface area contributed by atoms with E-state index in [1.54, 1.807) is 0 Å². The Morgan fingerprint density at radius 3 is 2.19 bits per heavy atom. The van der Waals surface area contributed by atoms with Gasteiger partial charge in [0.15, 0.2) is 0 Å². The molecule has 0 N–H and O–H groups in total. The molecule has 0 spiro atoms. The zero-order valence-electron chi connectivity index (χ0n) is 9.26. The highest BCUT2D eigenvalue weighted by Crippen LogP contribution is 2.20. The lowest BCUT2D eigenvalue weighted by Gasteiger charge is -2.15. The molecule has 0 fully saturated rings. The molecule has 0 saturated carbocycles. The highest BCUT2D eigenvalue weighted by atomic mass is 16.5. The fourth-order valence-corrected chi connectivity index (χ4v) is 1.54. The van der Waals surface area contributed by atoms with Gasteiger partial charge in [-0.25, -0.2) is 0 Å². The Hall–Kier alpha value is -1.70. The Balaban J connectivity index is 2.08. The second-order valence-corrected chi connectivity index (χ2v) is 3.74. The molecule has 2 radical (unpaired) electrons. The molecule has 0 amide bonds. The van der Waals surface area contributed by atoms with Crippen molar-refractivity contribution in [2.75, 3.05) is 0 Å². The summed E-state index contributed by atoms with van der Waals surface area (Å²) in [4.78, 5) is 0. The van der Waals surface area contributed by atoms with Gasteiger partial charge in [0.25, 0.3) is 0 Å². The molecule has 0 saturated heterocycles. The summed E-state index contributed by atoms with van der Waals surface area (Å²) in [6.45, 7) is 2.03. The molecule has 0 aliphatic heterocycles. The quantitative estimate of drug-likeness (QED) is 0.704. The highest BCUT2D eigenvalue weighted by molar-refractivity contribution is 6.32. The first-order valence-electron chi connectivity index (χ1n) is 5.33. The fraction of sp³-hybridized carbons (Fsp3) is 0.143. The van der Waals surface area contributed by atoms with Gasteiger partial charge in [0, 0.05) is 0 Å². The Morgan fingerprint density at radius 1 is 0.938 bits per heavy atom. The van der Waals surface area contributed by atoms with Crippen molar-refractivity contribution in [2.24, 2.45) is 0 Å². The molecule has 0 aliphatic carbocycles. The average Bonchev–Trinajstić information content (AvgIpc) is 2.33. The van der Waals surface area contributed by atoms with Crippen LogP contribution in [0.5, 0.6) is 5.75 Å². The predicted octanol–water partition coefficient (Wildman–Crippen LogP) is 2.62. The van der Waals surface area contributed by atoms with Crippen LogP contribution in [0.3, 0.4) is 0 Å². The van der Waals surface area contributed by atoms with Crippen LogP contribution in [0.4, 0.5) is 0 Å². The molecule has 2 aromatic rings. The lowest BCUT2D eigenvalue weighted by molar-refractivity contribution is 0.227. The number of hydrogen-bond donors (Lipinski definition) is 0. The van der Waals surface area contributed by atoms with Crippen LogP contribution in [-0.4, -0.2) is 7.85 Å². The molecule has 16 heavy (non-hydrogen) atoms. The SMILES string of the molecule is [B]c1ccc(OC(C)c2ccccc2)cc1. The van der Waals surface area contributed by atoms with E-state index in [1.807, 2.05) is 49.4 Å². The van der Waals surface area contributed by atoms with E-state index in [9.17, 15) is 0 Å². The van der Waals surface area contributed by atoms with Gasteiger partial charge in [0.05, 0.1) is 0 Å². The molecule has 2 heteroatoms. The van der Waals surface area contributed by atoms with Crippen LogP contribution < -0.4 is 10.2 Å². The molecule has 0 heterocycles. The van der Waals surface area contributed by atoms with E-state index in [4.69, 9.17) is 12.6 Å². The molecule has 0 aliphatic rings. The van der Waals surface area contributed by atoms with E-state index in [2.05, 4.69) is 12.1 Å². The van der Waals surface area contributed by atoms with Crippen molar-refractivity contribution in [1.29, 1.82) is 0 Å². The van der Waals surface area contributed by atoms with Crippen LogP contribution in [0.25, 0.3) is 0 Å². The summed E-state index contributed by atoms with van der Waals surface area (Å²) in [5.41, 5.74) is 1.92. The Labute approximate surface area is 97.5 Å². The van der Waals surface area contributed by atoms with Gasteiger partial charge >= 0.3 is 0 Å². The Morgan fingerprint density at radius 2 is 1.56 bits per heavy atom. The summed E-state index contributed by atoms with van der Waals surface area (Å²) in [7, 11) is 5.61. The maximum Gasteiger partial charge on any atom is 0.121 e. The summed E-state index contributed by atoms with van der Waals surface area (Å²) in [6, 6.07) is 17.6. The maximum atomic E-state index is 5.80. The number of rotatable bonds is 3. The molecule has 1 nitrogen and oxygen atoms in total. The highest BCUT2D eigenvalue weighted by Gasteiger charge is 2.05. The summed E-state index contributed by atoms with van der Waals surface area (Å²) in [5.74, 6) is 0.838. The predicted molar refractivity (Wildman–Crippen MR) is 67.3 cm³/mol. The van der Waals surface area contributed by atoms with Crippen LogP contribution >= 0.6 is 0 Å². The van der Waals surface area contributed by atoms with Crippen LogP contribution in [0, 0.1) is 0 Å². The second kappa shape index (κ2) is 4.89. The molecule has 0 aromatic heterocycles. The first kappa shape index (κ1) is 10.8. The Bertz CT molecular complexity index is 436. The number of benzene rings is 2. The van der Waals surface area contributed by atoms with E-state index in [1.165, 1.54) is 5.56 Å². The van der Waals surface area contributed by atoms with Crippen molar-refractivity contribution >= 4 is 13.3 Å². The van der Waals surface area contributed by atoms with Gasteiger partial charge < -0.3 is 4.74 Å². The lowest BCUT2D eigenvalue weighted by atomic mass is 9.97. The van der Waals surface area contributed by atoms with Crippen LogP contribution in [0.1, 0.15) is 18.6 Å². The van der Waals surface area contributed by atoms with Crippen LogP contribution in [0.2, 0.25) is 0 Å². The number of ether oxygens (including phenoxy) is 1. The van der Waals surface area contributed by atoms with Crippen molar-refractivity contribution in [3.8, 4) is 5.75 Å².